The molecule has 5 rings (SSSR count). The molecule has 1 aliphatic rings. The highest BCUT2D eigenvalue weighted by molar-refractivity contribution is 7.85. The second-order valence-corrected chi connectivity index (χ2v) is 9.98. The number of para-hydroxylation sites is 1. The molecule has 1 N–H and O–H groups in total. The Kier molecular flexibility index (Phi) is 6.78. The van der Waals surface area contributed by atoms with Crippen LogP contribution in [0.2, 0.25) is 0 Å². The number of rotatable bonds is 8. The van der Waals surface area contributed by atoms with Crippen molar-refractivity contribution in [2.75, 3.05) is 27.8 Å². The smallest absolute Gasteiger partial charge is 0.266 e. The average molecular weight is 512 g/mol. The van der Waals surface area contributed by atoms with Crippen molar-refractivity contribution in [3.05, 3.63) is 107 Å². The van der Waals surface area contributed by atoms with Gasteiger partial charge in [-0.1, -0.05) is 30.3 Å². The number of hydrogen-bond acceptors (Lipinski definition) is 6. The highest BCUT2D eigenvalue weighted by Gasteiger charge is 2.36. The Morgan fingerprint density at radius 1 is 0.865 bits per heavy atom. The van der Waals surface area contributed by atoms with Gasteiger partial charge >= 0.3 is 0 Å². The minimum Gasteiger partial charge on any atom is -0.324 e. The van der Waals surface area contributed by atoms with Crippen LogP contribution in [0.1, 0.15) is 32.0 Å². The largest absolute Gasteiger partial charge is 0.324 e. The van der Waals surface area contributed by atoms with Gasteiger partial charge in [-0.05, 0) is 66.9 Å². The number of imide groups is 1. The number of nitrogens with one attached hydrogen (secondary N) is 1. The molecular formula is C28H25N5O3S. The average Bonchev–Trinajstić information content (AvgIpc) is 3.17. The number of amides is 2. The third-order valence-corrected chi connectivity index (χ3v) is 7.22. The van der Waals surface area contributed by atoms with Crippen LogP contribution in [0, 0.1) is 0 Å². The molecular weight excluding hydrogens is 486 g/mol. The number of anilines is 4. The van der Waals surface area contributed by atoms with E-state index in [0.29, 0.717) is 29.2 Å². The SMILES string of the molecule is CN(c1ccccc1CCc1ccnc(Nc2ccc(N3C(=O)c4ccccc4C3=O)cc2)n1)S(C)=O. The Morgan fingerprint density at radius 3 is 2.19 bits per heavy atom. The molecule has 0 spiro atoms. The van der Waals surface area contributed by atoms with E-state index in [1.54, 1.807) is 65.3 Å². The third-order valence-electron chi connectivity index (χ3n) is 6.26. The van der Waals surface area contributed by atoms with Crippen molar-refractivity contribution in [2.45, 2.75) is 12.8 Å². The van der Waals surface area contributed by atoms with Crippen LogP contribution in [0.25, 0.3) is 0 Å². The molecule has 0 aliphatic carbocycles. The molecule has 2 amide bonds. The zero-order valence-electron chi connectivity index (χ0n) is 20.4. The zero-order chi connectivity index (χ0) is 25.9. The highest BCUT2D eigenvalue weighted by atomic mass is 32.2. The summed E-state index contributed by atoms with van der Waals surface area (Å²) in [5.74, 6) is -0.198. The van der Waals surface area contributed by atoms with E-state index in [1.165, 1.54) is 4.90 Å². The number of aromatic nitrogens is 2. The van der Waals surface area contributed by atoms with Gasteiger partial charge in [-0.15, -0.1) is 0 Å². The van der Waals surface area contributed by atoms with Crippen LogP contribution >= 0.6 is 0 Å². The molecule has 3 aromatic carbocycles. The molecule has 1 aliphatic heterocycles. The molecule has 8 nitrogen and oxygen atoms in total. The Hall–Kier alpha value is -4.37. The molecule has 37 heavy (non-hydrogen) atoms. The Bertz CT molecular complexity index is 1470. The summed E-state index contributed by atoms with van der Waals surface area (Å²) in [5, 5.41) is 3.19. The van der Waals surface area contributed by atoms with Gasteiger partial charge in [0.1, 0.15) is 11.0 Å². The standard InChI is InChI=1S/C28H25N5O3S/c1-32(37(2)36)25-10-6-3-7-19(25)11-12-21-17-18-29-28(31-21)30-20-13-15-22(16-14-20)33-26(34)23-8-4-5-9-24(23)27(33)35/h3-10,13-18H,11-12H2,1-2H3,(H,29,30,31). The lowest BCUT2D eigenvalue weighted by molar-refractivity contribution is 0.0926. The van der Waals surface area contributed by atoms with Crippen molar-refractivity contribution in [1.82, 2.24) is 9.97 Å². The molecule has 4 aromatic rings. The first-order valence-electron chi connectivity index (χ1n) is 11.7. The minimum atomic E-state index is -1.11. The molecule has 0 fully saturated rings. The van der Waals surface area contributed by atoms with Crippen LogP contribution in [0.3, 0.4) is 0 Å². The van der Waals surface area contributed by atoms with Gasteiger partial charge in [-0.2, -0.15) is 0 Å². The minimum absolute atomic E-state index is 0.324. The van der Waals surface area contributed by atoms with Crippen LogP contribution in [0.15, 0.2) is 85.1 Å². The second kappa shape index (κ2) is 10.3. The highest BCUT2D eigenvalue weighted by Crippen LogP contribution is 2.29. The van der Waals surface area contributed by atoms with Gasteiger partial charge in [0.2, 0.25) is 5.95 Å². The van der Waals surface area contributed by atoms with Crippen molar-refractivity contribution in [2.24, 2.45) is 0 Å². The summed E-state index contributed by atoms with van der Waals surface area (Å²) < 4.78 is 13.7. The van der Waals surface area contributed by atoms with Gasteiger partial charge in [-0.3, -0.25) is 13.9 Å². The third kappa shape index (κ3) is 4.99. The molecule has 0 bridgehead atoms. The zero-order valence-corrected chi connectivity index (χ0v) is 21.2. The van der Waals surface area contributed by atoms with Crippen molar-refractivity contribution in [3.63, 3.8) is 0 Å². The van der Waals surface area contributed by atoms with Gasteiger partial charge in [0.05, 0.1) is 22.5 Å². The molecule has 2 heterocycles. The van der Waals surface area contributed by atoms with Crippen molar-refractivity contribution < 1.29 is 13.8 Å². The summed E-state index contributed by atoms with van der Waals surface area (Å²) in [6.07, 6.45) is 4.79. The van der Waals surface area contributed by atoms with Crippen molar-refractivity contribution in [1.29, 1.82) is 0 Å². The first-order valence-corrected chi connectivity index (χ1v) is 13.3. The van der Waals surface area contributed by atoms with E-state index in [0.717, 1.165) is 29.1 Å². The van der Waals surface area contributed by atoms with Gasteiger partial charge < -0.3 is 5.32 Å². The molecule has 1 unspecified atom stereocenters. The molecule has 9 heteroatoms. The summed E-state index contributed by atoms with van der Waals surface area (Å²) in [6, 6.07) is 23.6. The van der Waals surface area contributed by atoms with E-state index >= 15 is 0 Å². The van der Waals surface area contributed by atoms with Crippen molar-refractivity contribution in [3.8, 4) is 0 Å². The lowest BCUT2D eigenvalue weighted by atomic mass is 10.1. The first-order chi connectivity index (χ1) is 17.9. The maximum atomic E-state index is 12.7. The van der Waals surface area contributed by atoms with Gasteiger partial charge in [0, 0.05) is 30.9 Å². The molecule has 0 saturated carbocycles. The van der Waals surface area contributed by atoms with E-state index in [4.69, 9.17) is 0 Å². The van der Waals surface area contributed by atoms with Crippen LogP contribution in [-0.2, 0) is 23.8 Å². The fourth-order valence-electron chi connectivity index (χ4n) is 4.27. The fraction of sp³-hybridized carbons (Fsp3) is 0.143. The maximum absolute atomic E-state index is 12.7. The monoisotopic (exact) mass is 511 g/mol. The van der Waals surface area contributed by atoms with Crippen LogP contribution in [-0.4, -0.2) is 39.3 Å². The maximum Gasteiger partial charge on any atom is 0.266 e. The molecule has 0 radical (unpaired) electrons. The number of benzene rings is 3. The summed E-state index contributed by atoms with van der Waals surface area (Å²) >= 11 is 0. The lowest BCUT2D eigenvalue weighted by Gasteiger charge is -2.19. The van der Waals surface area contributed by atoms with Gasteiger partial charge in [-0.25, -0.2) is 19.1 Å². The summed E-state index contributed by atoms with van der Waals surface area (Å²) in [6.45, 7) is 0. The predicted molar refractivity (Wildman–Crippen MR) is 146 cm³/mol. The van der Waals surface area contributed by atoms with Crippen molar-refractivity contribution >= 4 is 45.8 Å². The molecule has 1 aromatic heterocycles. The fourth-order valence-corrected chi connectivity index (χ4v) is 4.73. The topological polar surface area (TPSA) is 95.5 Å². The summed E-state index contributed by atoms with van der Waals surface area (Å²) in [7, 11) is 0.715. The van der Waals surface area contributed by atoms with Crippen LogP contribution in [0.4, 0.5) is 23.0 Å². The Balaban J connectivity index is 1.26. The number of carbonyl (C=O) groups excluding carboxylic acids is 2. The second-order valence-electron chi connectivity index (χ2n) is 8.58. The Morgan fingerprint density at radius 2 is 1.51 bits per heavy atom. The number of fused-ring (bicyclic) bond motifs is 1. The van der Waals surface area contributed by atoms with E-state index < -0.39 is 11.0 Å². The quantitative estimate of drug-likeness (QED) is 0.349. The van der Waals surface area contributed by atoms with Gasteiger partial charge in [0.25, 0.3) is 11.8 Å². The number of hydrogen-bond donors (Lipinski definition) is 1. The van der Waals surface area contributed by atoms with Crippen LogP contribution < -0.4 is 14.5 Å². The normalized spacial score (nSPS) is 13.4. The summed E-state index contributed by atoms with van der Waals surface area (Å²) in [4.78, 5) is 35.6. The van der Waals surface area contributed by atoms with E-state index in [2.05, 4.69) is 15.3 Å². The van der Waals surface area contributed by atoms with Crippen LogP contribution in [0.5, 0.6) is 0 Å². The van der Waals surface area contributed by atoms with E-state index in [9.17, 15) is 13.8 Å². The predicted octanol–water partition coefficient (Wildman–Crippen LogP) is 4.54. The molecule has 0 saturated heterocycles. The number of nitrogens with zero attached hydrogens (tertiary/aromatic N) is 4. The number of carbonyl (C=O) groups is 2. The molecule has 186 valence electrons. The van der Waals surface area contributed by atoms with Gasteiger partial charge in [0.15, 0.2) is 0 Å². The van der Waals surface area contributed by atoms with E-state index in [1.807, 2.05) is 37.4 Å². The van der Waals surface area contributed by atoms with E-state index in [-0.39, 0.29) is 11.8 Å². The molecule has 1 atom stereocenters. The lowest BCUT2D eigenvalue weighted by Crippen LogP contribution is -2.29. The summed E-state index contributed by atoms with van der Waals surface area (Å²) in [5.41, 5.74) is 4.97. The Labute approximate surface area is 217 Å². The first kappa shape index (κ1) is 24.3. The number of aryl methyl sites for hydroxylation is 2.